The maximum Gasteiger partial charge on any atom is 0.422 e. The third-order valence-electron chi connectivity index (χ3n) is 1.42. The fourth-order valence-electron chi connectivity index (χ4n) is 0.784. The van der Waals surface area contributed by atoms with Crippen LogP contribution in [0, 0.1) is 0 Å². The Labute approximate surface area is 77.7 Å². The zero-order chi connectivity index (χ0) is 9.90. The maximum atomic E-state index is 11.1. The molecule has 76 valence electrons. The molecule has 1 aliphatic heterocycles. The van der Waals surface area contributed by atoms with E-state index in [9.17, 15) is 4.79 Å². The summed E-state index contributed by atoms with van der Waals surface area (Å²) in [5.74, 6) is 0. The molecule has 13 heavy (non-hydrogen) atoms. The van der Waals surface area contributed by atoms with Gasteiger partial charge in [0.05, 0.1) is 19.3 Å². The van der Waals surface area contributed by atoms with E-state index in [2.05, 4.69) is 10.9 Å². The molecule has 1 fully saturated rings. The van der Waals surface area contributed by atoms with Crippen molar-refractivity contribution in [2.45, 2.75) is 32.4 Å². The molecular formula is C8H16N2O3. The molecule has 0 spiro atoms. The van der Waals surface area contributed by atoms with Crippen molar-refractivity contribution < 1.29 is 14.3 Å². The van der Waals surface area contributed by atoms with Gasteiger partial charge in [-0.05, 0) is 20.8 Å². The van der Waals surface area contributed by atoms with Gasteiger partial charge in [0.15, 0.2) is 0 Å². The standard InChI is InChI=1S/C8H16N2O3/c1-8(2,3)13-7(11)10-9-6-4-12-5-6/h6,9H,4-5H2,1-3H3,(H,10,11). The molecule has 0 saturated carbocycles. The first kappa shape index (κ1) is 10.3. The lowest BCUT2D eigenvalue weighted by Crippen LogP contribution is -2.54. The lowest BCUT2D eigenvalue weighted by molar-refractivity contribution is -0.0146. The molecule has 0 aromatic rings. The Balaban J connectivity index is 2.10. The quantitative estimate of drug-likeness (QED) is 0.616. The van der Waals surface area contributed by atoms with Gasteiger partial charge in [-0.15, -0.1) is 0 Å². The summed E-state index contributed by atoms with van der Waals surface area (Å²) in [6.07, 6.45) is -0.459. The molecule has 1 amide bonds. The second kappa shape index (κ2) is 3.93. The van der Waals surface area contributed by atoms with Gasteiger partial charge in [0.2, 0.25) is 0 Å². The van der Waals surface area contributed by atoms with E-state index in [0.29, 0.717) is 13.2 Å². The number of amides is 1. The van der Waals surface area contributed by atoms with Crippen molar-refractivity contribution in [3.63, 3.8) is 0 Å². The number of hydrogen-bond donors (Lipinski definition) is 2. The molecule has 0 bridgehead atoms. The molecule has 0 aromatic carbocycles. The summed E-state index contributed by atoms with van der Waals surface area (Å²) < 4.78 is 9.92. The van der Waals surface area contributed by atoms with Crippen LogP contribution in [0.2, 0.25) is 0 Å². The molecule has 2 N–H and O–H groups in total. The van der Waals surface area contributed by atoms with Gasteiger partial charge in [0.25, 0.3) is 0 Å². The van der Waals surface area contributed by atoms with E-state index in [1.54, 1.807) is 0 Å². The number of carbonyl (C=O) groups is 1. The minimum Gasteiger partial charge on any atom is -0.443 e. The van der Waals surface area contributed by atoms with Crippen molar-refractivity contribution in [2.24, 2.45) is 0 Å². The second-order valence-electron chi connectivity index (χ2n) is 4.01. The minimum atomic E-state index is -0.459. The van der Waals surface area contributed by atoms with Crippen molar-refractivity contribution in [3.8, 4) is 0 Å². The SMILES string of the molecule is CC(C)(C)OC(=O)NNC1COC1. The summed E-state index contributed by atoms with van der Waals surface area (Å²) in [5, 5.41) is 0. The Morgan fingerprint density at radius 3 is 2.46 bits per heavy atom. The number of hydrogen-bond acceptors (Lipinski definition) is 4. The van der Waals surface area contributed by atoms with Gasteiger partial charge in [0, 0.05) is 0 Å². The van der Waals surface area contributed by atoms with Crippen molar-refractivity contribution in [1.29, 1.82) is 0 Å². The molecule has 1 aliphatic rings. The summed E-state index contributed by atoms with van der Waals surface area (Å²) in [7, 11) is 0. The topological polar surface area (TPSA) is 59.6 Å². The lowest BCUT2D eigenvalue weighted by Gasteiger charge is -2.27. The van der Waals surface area contributed by atoms with Gasteiger partial charge < -0.3 is 9.47 Å². The normalized spacial score (nSPS) is 17.8. The molecule has 5 heteroatoms. The van der Waals surface area contributed by atoms with E-state index in [1.807, 2.05) is 20.8 Å². The predicted molar refractivity (Wildman–Crippen MR) is 47.1 cm³/mol. The molecule has 1 saturated heterocycles. The first-order chi connectivity index (χ1) is 5.97. The van der Waals surface area contributed by atoms with Crippen LogP contribution in [0.5, 0.6) is 0 Å². The van der Waals surface area contributed by atoms with Gasteiger partial charge in [-0.25, -0.2) is 10.2 Å². The fraction of sp³-hybridized carbons (Fsp3) is 0.875. The van der Waals surface area contributed by atoms with E-state index in [0.717, 1.165) is 0 Å². The predicted octanol–water partition coefficient (Wildman–Crippen LogP) is 0.414. The van der Waals surface area contributed by atoms with Crippen LogP contribution in [0.1, 0.15) is 20.8 Å². The highest BCUT2D eigenvalue weighted by molar-refractivity contribution is 5.67. The second-order valence-corrected chi connectivity index (χ2v) is 4.01. The zero-order valence-corrected chi connectivity index (χ0v) is 8.22. The van der Waals surface area contributed by atoms with Crippen molar-refractivity contribution in [3.05, 3.63) is 0 Å². The molecule has 0 aromatic heterocycles. The third kappa shape index (κ3) is 4.10. The average molecular weight is 188 g/mol. The van der Waals surface area contributed by atoms with Gasteiger partial charge >= 0.3 is 6.09 Å². The van der Waals surface area contributed by atoms with Gasteiger partial charge in [-0.2, -0.15) is 0 Å². The van der Waals surface area contributed by atoms with Gasteiger partial charge in [-0.3, -0.25) is 5.43 Å². The molecule has 1 rings (SSSR count). The molecule has 0 unspecified atom stereocenters. The Bertz CT molecular complexity index is 184. The first-order valence-electron chi connectivity index (χ1n) is 4.29. The zero-order valence-electron chi connectivity index (χ0n) is 8.22. The fourth-order valence-corrected chi connectivity index (χ4v) is 0.784. The van der Waals surface area contributed by atoms with Crippen LogP contribution in [-0.4, -0.2) is 30.9 Å². The molecule has 1 heterocycles. The van der Waals surface area contributed by atoms with Crippen molar-refractivity contribution in [2.75, 3.05) is 13.2 Å². The van der Waals surface area contributed by atoms with Crippen molar-refractivity contribution >= 4 is 6.09 Å². The molecule has 5 nitrogen and oxygen atoms in total. The molecule has 0 radical (unpaired) electrons. The van der Waals surface area contributed by atoms with Crippen LogP contribution in [0.4, 0.5) is 4.79 Å². The molecule has 0 atom stereocenters. The van der Waals surface area contributed by atoms with Crippen LogP contribution in [0.3, 0.4) is 0 Å². The highest BCUT2D eigenvalue weighted by atomic mass is 16.6. The Hall–Kier alpha value is -0.810. The van der Waals surface area contributed by atoms with Crippen LogP contribution < -0.4 is 10.9 Å². The van der Waals surface area contributed by atoms with E-state index < -0.39 is 11.7 Å². The van der Waals surface area contributed by atoms with E-state index in [1.165, 1.54) is 0 Å². The van der Waals surface area contributed by atoms with E-state index >= 15 is 0 Å². The van der Waals surface area contributed by atoms with Crippen molar-refractivity contribution in [1.82, 2.24) is 10.9 Å². The average Bonchev–Trinajstić information content (AvgIpc) is 1.78. The highest BCUT2D eigenvalue weighted by Crippen LogP contribution is 2.06. The number of nitrogens with one attached hydrogen (secondary N) is 2. The van der Waals surface area contributed by atoms with E-state index in [-0.39, 0.29) is 6.04 Å². The Morgan fingerprint density at radius 1 is 1.46 bits per heavy atom. The summed E-state index contributed by atoms with van der Waals surface area (Å²) >= 11 is 0. The maximum absolute atomic E-state index is 11.1. The van der Waals surface area contributed by atoms with Gasteiger partial charge in [-0.1, -0.05) is 0 Å². The van der Waals surface area contributed by atoms with Crippen LogP contribution in [-0.2, 0) is 9.47 Å². The smallest absolute Gasteiger partial charge is 0.422 e. The Morgan fingerprint density at radius 2 is 2.08 bits per heavy atom. The number of rotatable bonds is 2. The summed E-state index contributed by atoms with van der Waals surface area (Å²) in [4.78, 5) is 11.1. The van der Waals surface area contributed by atoms with Crippen LogP contribution in [0.25, 0.3) is 0 Å². The number of carbonyl (C=O) groups excluding carboxylic acids is 1. The van der Waals surface area contributed by atoms with Crippen LogP contribution in [0.15, 0.2) is 0 Å². The molecular weight excluding hydrogens is 172 g/mol. The number of ether oxygens (including phenoxy) is 2. The summed E-state index contributed by atoms with van der Waals surface area (Å²) in [5.41, 5.74) is 4.79. The molecule has 0 aliphatic carbocycles. The first-order valence-corrected chi connectivity index (χ1v) is 4.29. The summed E-state index contributed by atoms with van der Waals surface area (Å²) in [6.45, 7) is 6.72. The monoisotopic (exact) mass is 188 g/mol. The third-order valence-corrected chi connectivity index (χ3v) is 1.42. The lowest BCUT2D eigenvalue weighted by atomic mass is 10.2. The number of hydrazine groups is 1. The van der Waals surface area contributed by atoms with E-state index in [4.69, 9.17) is 9.47 Å². The largest absolute Gasteiger partial charge is 0.443 e. The minimum absolute atomic E-state index is 0.215. The highest BCUT2D eigenvalue weighted by Gasteiger charge is 2.20. The Kier molecular flexibility index (Phi) is 3.11. The van der Waals surface area contributed by atoms with Gasteiger partial charge in [0.1, 0.15) is 5.60 Å². The van der Waals surface area contributed by atoms with Crippen LogP contribution >= 0.6 is 0 Å². The summed E-state index contributed by atoms with van der Waals surface area (Å²) in [6, 6.07) is 0.215.